The highest BCUT2D eigenvalue weighted by molar-refractivity contribution is 7.89. The zero-order chi connectivity index (χ0) is 18.9. The topological polar surface area (TPSA) is 104 Å². The fourth-order valence-electron chi connectivity index (χ4n) is 2.93. The predicted octanol–water partition coefficient (Wildman–Crippen LogP) is 1.84. The molecule has 0 radical (unpaired) electrons. The Hall–Kier alpha value is -2.75. The van der Waals surface area contributed by atoms with E-state index >= 15 is 0 Å². The van der Waals surface area contributed by atoms with Crippen LogP contribution in [0, 0.1) is 0 Å². The van der Waals surface area contributed by atoms with E-state index in [0.717, 1.165) is 10.9 Å². The zero-order valence-electron chi connectivity index (χ0n) is 14.4. The molecule has 0 atom stereocenters. The first-order chi connectivity index (χ1) is 13.0. The van der Waals surface area contributed by atoms with Crippen LogP contribution >= 0.6 is 0 Å². The molecule has 1 fully saturated rings. The molecule has 9 heteroatoms. The highest BCUT2D eigenvalue weighted by atomic mass is 32.2. The molecule has 0 aliphatic carbocycles. The second-order valence-corrected chi connectivity index (χ2v) is 8.07. The maximum atomic E-state index is 12.6. The molecule has 3 aromatic rings. The number of carbonyl (C=O) groups excluding carboxylic acids is 1. The lowest BCUT2D eigenvalue weighted by Crippen LogP contribution is -2.40. The number of amides is 1. The number of ether oxygens (including phenoxy) is 1. The number of hydrogen-bond acceptors (Lipinski definition) is 5. The summed E-state index contributed by atoms with van der Waals surface area (Å²) >= 11 is 0. The van der Waals surface area contributed by atoms with Crippen molar-refractivity contribution in [3.05, 3.63) is 54.5 Å². The number of sulfonamides is 1. The summed E-state index contributed by atoms with van der Waals surface area (Å²) in [6.07, 6.45) is 2.90. The number of rotatable bonds is 4. The van der Waals surface area contributed by atoms with Gasteiger partial charge >= 0.3 is 0 Å². The number of H-pyrrole nitrogens is 1. The van der Waals surface area contributed by atoms with Crippen molar-refractivity contribution in [1.29, 1.82) is 0 Å². The molecule has 1 aliphatic heterocycles. The molecule has 0 spiro atoms. The number of fused-ring (bicyclic) bond motifs is 1. The van der Waals surface area contributed by atoms with Crippen molar-refractivity contribution in [3.8, 4) is 0 Å². The Morgan fingerprint density at radius 2 is 1.96 bits per heavy atom. The van der Waals surface area contributed by atoms with E-state index in [9.17, 15) is 13.2 Å². The van der Waals surface area contributed by atoms with E-state index < -0.39 is 15.9 Å². The average Bonchev–Trinajstić information content (AvgIpc) is 3.20. The number of nitrogens with zero attached hydrogens (tertiary/aromatic N) is 2. The van der Waals surface area contributed by atoms with Crippen LogP contribution in [0.15, 0.2) is 53.7 Å². The molecule has 4 rings (SSSR count). The van der Waals surface area contributed by atoms with Gasteiger partial charge < -0.3 is 15.0 Å². The molecule has 2 N–H and O–H groups in total. The van der Waals surface area contributed by atoms with Crippen LogP contribution in [-0.2, 0) is 14.8 Å². The second kappa shape index (κ2) is 7.10. The van der Waals surface area contributed by atoms with Crippen LogP contribution in [0.1, 0.15) is 10.5 Å². The van der Waals surface area contributed by atoms with Crippen molar-refractivity contribution in [1.82, 2.24) is 14.3 Å². The molecule has 8 nitrogen and oxygen atoms in total. The highest BCUT2D eigenvalue weighted by Gasteiger charge is 2.28. The van der Waals surface area contributed by atoms with Crippen molar-refractivity contribution < 1.29 is 17.9 Å². The molecule has 1 saturated heterocycles. The van der Waals surface area contributed by atoms with Gasteiger partial charge in [-0.3, -0.25) is 9.78 Å². The molecule has 0 bridgehead atoms. The summed E-state index contributed by atoms with van der Waals surface area (Å²) in [5.41, 5.74) is 1.52. The third-order valence-corrected chi connectivity index (χ3v) is 6.23. The van der Waals surface area contributed by atoms with Gasteiger partial charge in [0.1, 0.15) is 10.6 Å². The average molecular weight is 386 g/mol. The molecular weight excluding hydrogens is 368 g/mol. The summed E-state index contributed by atoms with van der Waals surface area (Å²) in [6.45, 7) is 1.34. The second-order valence-electron chi connectivity index (χ2n) is 6.14. The third-order valence-electron chi connectivity index (χ3n) is 4.36. The van der Waals surface area contributed by atoms with Crippen LogP contribution in [0.4, 0.5) is 5.69 Å². The maximum absolute atomic E-state index is 12.6. The first-order valence-electron chi connectivity index (χ1n) is 8.46. The SMILES string of the molecule is O=C(Nc1cnc2ccccc2c1)c1cc(S(=O)(=O)N2CCOCC2)c[nH]1. The van der Waals surface area contributed by atoms with Gasteiger partial charge in [-0.25, -0.2) is 8.42 Å². The number of morpholine rings is 1. The monoisotopic (exact) mass is 386 g/mol. The van der Waals surface area contributed by atoms with E-state index in [1.807, 2.05) is 30.3 Å². The van der Waals surface area contributed by atoms with Crippen LogP contribution < -0.4 is 5.32 Å². The quantitative estimate of drug-likeness (QED) is 0.712. The van der Waals surface area contributed by atoms with Crippen molar-refractivity contribution in [2.75, 3.05) is 31.6 Å². The Morgan fingerprint density at radius 3 is 2.78 bits per heavy atom. The summed E-state index contributed by atoms with van der Waals surface area (Å²) in [7, 11) is -3.65. The largest absolute Gasteiger partial charge is 0.379 e. The first kappa shape index (κ1) is 17.7. The van der Waals surface area contributed by atoms with Crippen molar-refractivity contribution in [2.24, 2.45) is 0 Å². The number of pyridine rings is 1. The lowest BCUT2D eigenvalue weighted by molar-refractivity contribution is 0.0730. The van der Waals surface area contributed by atoms with Gasteiger partial charge in [-0.15, -0.1) is 0 Å². The summed E-state index contributed by atoms with van der Waals surface area (Å²) in [6, 6.07) is 10.7. The molecular formula is C18H18N4O4S. The third kappa shape index (κ3) is 3.57. The fourth-order valence-corrected chi connectivity index (χ4v) is 4.33. The standard InChI is InChI=1S/C18H18N4O4S/c23-18(21-14-9-13-3-1-2-4-16(13)19-11-14)17-10-15(12-20-17)27(24,25)22-5-7-26-8-6-22/h1-4,9-12,20H,5-8H2,(H,21,23). The number of hydrogen-bond donors (Lipinski definition) is 2. The maximum Gasteiger partial charge on any atom is 0.272 e. The smallest absolute Gasteiger partial charge is 0.272 e. The summed E-state index contributed by atoms with van der Waals surface area (Å²) in [4.78, 5) is 19.6. The number of aromatic amines is 1. The molecule has 0 saturated carbocycles. The minimum atomic E-state index is -3.65. The molecule has 3 heterocycles. The molecule has 1 aliphatic rings. The minimum absolute atomic E-state index is 0.0613. The van der Waals surface area contributed by atoms with Gasteiger partial charge in [0.05, 0.1) is 30.6 Å². The number of aromatic nitrogens is 2. The number of nitrogens with one attached hydrogen (secondary N) is 2. The number of anilines is 1. The van der Waals surface area contributed by atoms with E-state index in [1.54, 1.807) is 6.20 Å². The van der Waals surface area contributed by atoms with Gasteiger partial charge in [0.25, 0.3) is 5.91 Å². The van der Waals surface area contributed by atoms with Gasteiger partial charge in [0.15, 0.2) is 0 Å². The normalized spacial score (nSPS) is 15.7. The summed E-state index contributed by atoms with van der Waals surface area (Å²) in [5.74, 6) is -0.435. The highest BCUT2D eigenvalue weighted by Crippen LogP contribution is 2.20. The van der Waals surface area contributed by atoms with Crippen LogP contribution in [0.25, 0.3) is 10.9 Å². The Bertz CT molecular complexity index is 1090. The molecule has 0 unspecified atom stereocenters. The Labute approximate surface area is 156 Å². The summed E-state index contributed by atoms with van der Waals surface area (Å²) in [5, 5.41) is 3.63. The Balaban J connectivity index is 1.52. The van der Waals surface area contributed by atoms with Gasteiger partial charge in [0.2, 0.25) is 10.0 Å². The van der Waals surface area contributed by atoms with Crippen LogP contribution in [-0.4, -0.2) is 54.9 Å². The Kier molecular flexibility index (Phi) is 4.65. The van der Waals surface area contributed by atoms with Gasteiger partial charge in [0, 0.05) is 24.7 Å². The summed E-state index contributed by atoms with van der Waals surface area (Å²) < 4.78 is 31.8. The molecule has 1 amide bonds. The Morgan fingerprint density at radius 1 is 1.19 bits per heavy atom. The minimum Gasteiger partial charge on any atom is -0.379 e. The fraction of sp³-hybridized carbons (Fsp3) is 0.222. The molecule has 2 aromatic heterocycles. The zero-order valence-corrected chi connectivity index (χ0v) is 15.2. The van der Waals surface area contributed by atoms with Gasteiger partial charge in [-0.1, -0.05) is 18.2 Å². The predicted molar refractivity (Wildman–Crippen MR) is 100 cm³/mol. The number of benzene rings is 1. The lowest BCUT2D eigenvalue weighted by Gasteiger charge is -2.25. The van der Waals surface area contributed by atoms with Crippen molar-refractivity contribution in [2.45, 2.75) is 4.90 Å². The molecule has 1 aromatic carbocycles. The van der Waals surface area contributed by atoms with Crippen molar-refractivity contribution in [3.63, 3.8) is 0 Å². The van der Waals surface area contributed by atoms with Gasteiger partial charge in [-0.05, 0) is 18.2 Å². The van der Waals surface area contributed by atoms with E-state index in [-0.39, 0.29) is 10.6 Å². The first-order valence-corrected chi connectivity index (χ1v) is 9.90. The van der Waals surface area contributed by atoms with Crippen LogP contribution in [0.2, 0.25) is 0 Å². The van der Waals surface area contributed by atoms with E-state index in [4.69, 9.17) is 4.74 Å². The number of para-hydroxylation sites is 1. The van der Waals surface area contributed by atoms with Gasteiger partial charge in [-0.2, -0.15) is 4.31 Å². The van der Waals surface area contributed by atoms with E-state index in [0.29, 0.717) is 32.0 Å². The molecule has 27 heavy (non-hydrogen) atoms. The number of carbonyl (C=O) groups is 1. The lowest BCUT2D eigenvalue weighted by atomic mass is 10.2. The van der Waals surface area contributed by atoms with Crippen LogP contribution in [0.5, 0.6) is 0 Å². The molecule has 140 valence electrons. The van der Waals surface area contributed by atoms with Crippen molar-refractivity contribution >= 4 is 32.5 Å². The van der Waals surface area contributed by atoms with E-state index in [2.05, 4.69) is 15.3 Å². The van der Waals surface area contributed by atoms with E-state index in [1.165, 1.54) is 16.6 Å². The van der Waals surface area contributed by atoms with Crippen LogP contribution in [0.3, 0.4) is 0 Å².